The number of anilines is 1. The summed E-state index contributed by atoms with van der Waals surface area (Å²) in [5.41, 5.74) is 1.49. The lowest BCUT2D eigenvalue weighted by atomic mass is 10.1. The second-order valence-electron chi connectivity index (χ2n) is 6.84. The molecule has 0 aliphatic heterocycles. The molecule has 0 saturated carbocycles. The number of nitrogens with one attached hydrogen (secondary N) is 1. The van der Waals surface area contributed by atoms with E-state index in [-0.39, 0.29) is 11.9 Å². The van der Waals surface area contributed by atoms with E-state index < -0.39 is 0 Å². The largest absolute Gasteiger partial charge is 0.493 e. The number of carbonyl (C=O) groups excluding carboxylic acids is 2. The molecule has 0 spiro atoms. The van der Waals surface area contributed by atoms with E-state index in [0.717, 1.165) is 17.3 Å². The molecule has 0 radical (unpaired) electrons. The van der Waals surface area contributed by atoms with Gasteiger partial charge in [0, 0.05) is 10.2 Å². The van der Waals surface area contributed by atoms with E-state index in [9.17, 15) is 9.59 Å². The van der Waals surface area contributed by atoms with Crippen molar-refractivity contribution in [1.82, 2.24) is 0 Å². The molecule has 0 unspecified atom stereocenters. The van der Waals surface area contributed by atoms with Crippen molar-refractivity contribution < 1.29 is 19.1 Å². The van der Waals surface area contributed by atoms with Crippen LogP contribution in [0.15, 0.2) is 46.9 Å². The molecule has 0 aromatic heterocycles. The Bertz CT molecular complexity index is 803. The predicted molar refractivity (Wildman–Crippen MR) is 114 cm³/mol. The van der Waals surface area contributed by atoms with Gasteiger partial charge in [0.2, 0.25) is 0 Å². The molecule has 0 fully saturated rings. The van der Waals surface area contributed by atoms with Gasteiger partial charge >= 0.3 is 5.97 Å². The first kappa shape index (κ1) is 22.0. The third-order valence-corrected chi connectivity index (χ3v) is 4.45. The lowest BCUT2D eigenvalue weighted by molar-refractivity contribution is 0.0505. The Hall–Kier alpha value is -2.34. The highest BCUT2D eigenvalue weighted by Crippen LogP contribution is 2.25. The van der Waals surface area contributed by atoms with Crippen molar-refractivity contribution in [3.05, 3.63) is 58.1 Å². The van der Waals surface area contributed by atoms with Crippen LogP contribution in [-0.2, 0) is 4.74 Å². The van der Waals surface area contributed by atoms with Crippen LogP contribution in [0.2, 0.25) is 0 Å². The van der Waals surface area contributed by atoms with E-state index in [1.165, 1.54) is 0 Å². The molecular formula is C22H26BrNO4. The second kappa shape index (κ2) is 10.9. The average Bonchev–Trinajstić information content (AvgIpc) is 2.67. The molecule has 0 atom stereocenters. The van der Waals surface area contributed by atoms with E-state index in [1.54, 1.807) is 36.4 Å². The van der Waals surface area contributed by atoms with Crippen molar-refractivity contribution in [2.24, 2.45) is 5.92 Å². The maximum absolute atomic E-state index is 12.7. The maximum Gasteiger partial charge on any atom is 0.338 e. The summed E-state index contributed by atoms with van der Waals surface area (Å²) in [4.78, 5) is 24.6. The quantitative estimate of drug-likeness (QED) is 0.501. The van der Waals surface area contributed by atoms with Gasteiger partial charge in [0.1, 0.15) is 5.75 Å². The van der Waals surface area contributed by atoms with Crippen LogP contribution < -0.4 is 10.1 Å². The summed E-state index contributed by atoms with van der Waals surface area (Å²) in [6.45, 7) is 7.13. The number of benzene rings is 2. The zero-order chi connectivity index (χ0) is 20.5. The first-order chi connectivity index (χ1) is 13.4. The fourth-order valence-corrected chi connectivity index (χ4v) is 2.74. The molecule has 0 bridgehead atoms. The Labute approximate surface area is 174 Å². The number of carbonyl (C=O) groups is 2. The van der Waals surface area contributed by atoms with E-state index in [0.29, 0.717) is 41.7 Å². The minimum atomic E-state index is -0.368. The van der Waals surface area contributed by atoms with Gasteiger partial charge in [-0.2, -0.15) is 0 Å². The molecule has 0 aliphatic rings. The molecule has 1 amide bonds. The van der Waals surface area contributed by atoms with Gasteiger partial charge in [0.25, 0.3) is 5.91 Å². The zero-order valence-electron chi connectivity index (χ0n) is 16.5. The van der Waals surface area contributed by atoms with Gasteiger partial charge in [0.15, 0.2) is 0 Å². The van der Waals surface area contributed by atoms with E-state index in [1.807, 2.05) is 13.0 Å². The zero-order valence-corrected chi connectivity index (χ0v) is 18.0. The van der Waals surface area contributed by atoms with Gasteiger partial charge in [-0.05, 0) is 61.2 Å². The lowest BCUT2D eigenvalue weighted by Crippen LogP contribution is -2.14. The minimum absolute atomic E-state index is 0.276. The summed E-state index contributed by atoms with van der Waals surface area (Å²) in [6.07, 6.45) is 1.68. The molecule has 2 aromatic carbocycles. The SMILES string of the molecule is CCCOC(=O)c1ccc(NC(=O)c2cc(Br)ccc2OCCC(C)C)cc1. The van der Waals surface area contributed by atoms with Crippen molar-refractivity contribution >= 4 is 33.5 Å². The fourth-order valence-electron chi connectivity index (χ4n) is 2.38. The smallest absolute Gasteiger partial charge is 0.338 e. The number of esters is 1. The van der Waals surface area contributed by atoms with Crippen LogP contribution in [0.3, 0.4) is 0 Å². The highest BCUT2D eigenvalue weighted by Gasteiger charge is 2.15. The van der Waals surface area contributed by atoms with Crippen LogP contribution in [0.5, 0.6) is 5.75 Å². The molecule has 0 saturated heterocycles. The molecule has 0 aliphatic carbocycles. The first-order valence-electron chi connectivity index (χ1n) is 9.41. The van der Waals surface area contributed by atoms with Crippen molar-refractivity contribution in [3.8, 4) is 5.75 Å². The predicted octanol–water partition coefficient (Wildman–Crippen LogP) is 5.69. The monoisotopic (exact) mass is 447 g/mol. The van der Waals surface area contributed by atoms with Crippen molar-refractivity contribution in [2.75, 3.05) is 18.5 Å². The summed E-state index contributed by atoms with van der Waals surface area (Å²) < 4.78 is 11.7. The van der Waals surface area contributed by atoms with Crippen molar-refractivity contribution in [1.29, 1.82) is 0 Å². The van der Waals surface area contributed by atoms with Crippen LogP contribution >= 0.6 is 15.9 Å². The summed E-state index contributed by atoms with van der Waals surface area (Å²) in [5, 5.41) is 2.84. The third-order valence-electron chi connectivity index (χ3n) is 3.95. The van der Waals surface area contributed by atoms with Crippen LogP contribution in [0.25, 0.3) is 0 Å². The van der Waals surface area contributed by atoms with Gasteiger partial charge < -0.3 is 14.8 Å². The molecule has 28 heavy (non-hydrogen) atoms. The standard InChI is InChI=1S/C22H26BrNO4/c1-4-12-28-22(26)16-5-8-18(9-6-16)24-21(25)19-14-17(23)7-10-20(19)27-13-11-15(2)3/h5-10,14-15H,4,11-13H2,1-3H3,(H,24,25). The molecule has 2 aromatic rings. The fraction of sp³-hybridized carbons (Fsp3) is 0.364. The van der Waals surface area contributed by atoms with Gasteiger partial charge in [0.05, 0.1) is 24.3 Å². The summed E-state index contributed by atoms with van der Waals surface area (Å²) >= 11 is 3.40. The third kappa shape index (κ3) is 6.68. The second-order valence-corrected chi connectivity index (χ2v) is 7.75. The Morgan fingerprint density at radius 3 is 2.43 bits per heavy atom. The van der Waals surface area contributed by atoms with Gasteiger partial charge in [-0.25, -0.2) is 4.79 Å². The summed E-state index contributed by atoms with van der Waals surface area (Å²) in [7, 11) is 0. The van der Waals surface area contributed by atoms with Crippen LogP contribution in [0.1, 0.15) is 54.3 Å². The maximum atomic E-state index is 12.7. The Kier molecular flexibility index (Phi) is 8.51. The average molecular weight is 448 g/mol. The number of ether oxygens (including phenoxy) is 2. The molecule has 150 valence electrons. The molecule has 5 nitrogen and oxygen atoms in total. The van der Waals surface area contributed by atoms with Gasteiger partial charge in [-0.15, -0.1) is 0 Å². The number of halogens is 1. The number of amides is 1. The van der Waals surface area contributed by atoms with E-state index in [4.69, 9.17) is 9.47 Å². The Balaban J connectivity index is 2.07. The number of hydrogen-bond donors (Lipinski definition) is 1. The minimum Gasteiger partial charge on any atom is -0.493 e. The van der Waals surface area contributed by atoms with E-state index in [2.05, 4.69) is 35.1 Å². The molecule has 2 rings (SSSR count). The Morgan fingerprint density at radius 2 is 1.79 bits per heavy atom. The van der Waals surface area contributed by atoms with Crippen molar-refractivity contribution in [3.63, 3.8) is 0 Å². The molecule has 6 heteroatoms. The molecular weight excluding hydrogens is 422 g/mol. The van der Waals surface area contributed by atoms with Gasteiger partial charge in [-0.3, -0.25) is 4.79 Å². The normalized spacial score (nSPS) is 10.6. The number of rotatable bonds is 9. The van der Waals surface area contributed by atoms with Crippen LogP contribution in [-0.4, -0.2) is 25.1 Å². The Morgan fingerprint density at radius 1 is 1.07 bits per heavy atom. The van der Waals surface area contributed by atoms with E-state index >= 15 is 0 Å². The van der Waals surface area contributed by atoms with Gasteiger partial charge in [-0.1, -0.05) is 36.7 Å². The molecule has 1 N–H and O–H groups in total. The highest BCUT2D eigenvalue weighted by atomic mass is 79.9. The first-order valence-corrected chi connectivity index (χ1v) is 10.2. The highest BCUT2D eigenvalue weighted by molar-refractivity contribution is 9.10. The van der Waals surface area contributed by atoms with Crippen molar-refractivity contribution in [2.45, 2.75) is 33.6 Å². The summed E-state index contributed by atoms with van der Waals surface area (Å²) in [6, 6.07) is 12.0. The topological polar surface area (TPSA) is 64.6 Å². The van der Waals surface area contributed by atoms with Crippen LogP contribution in [0, 0.1) is 5.92 Å². The number of hydrogen-bond acceptors (Lipinski definition) is 4. The molecule has 0 heterocycles. The van der Waals surface area contributed by atoms with Crippen LogP contribution in [0.4, 0.5) is 5.69 Å². The summed E-state index contributed by atoms with van der Waals surface area (Å²) in [5.74, 6) is 0.422. The lowest BCUT2D eigenvalue weighted by Gasteiger charge is -2.13.